The van der Waals surface area contributed by atoms with Gasteiger partial charge in [0.25, 0.3) is 0 Å². The summed E-state index contributed by atoms with van der Waals surface area (Å²) < 4.78 is 21.8. The number of hydrogen-bond acceptors (Lipinski definition) is 3. The standard InChI is InChI=1S/C17H23ClFIN2O2Si/c1-11-16(20)21-17(22(11)10-24-7-8-25(2,3)4)15(23)12-5-6-14(19)13(18)9-12/h5-6,9,15,23H,7-8,10H2,1-4H3. The van der Waals surface area contributed by atoms with Crippen LogP contribution in [0, 0.1) is 16.4 Å². The summed E-state index contributed by atoms with van der Waals surface area (Å²) in [5.41, 5.74) is 1.42. The second kappa shape index (κ2) is 8.47. The Morgan fingerprint density at radius 1 is 1.40 bits per heavy atom. The second-order valence-corrected chi connectivity index (χ2v) is 14.2. The summed E-state index contributed by atoms with van der Waals surface area (Å²) in [6, 6.07) is 5.26. The van der Waals surface area contributed by atoms with E-state index in [9.17, 15) is 9.50 Å². The highest BCUT2D eigenvalue weighted by Crippen LogP contribution is 2.27. The number of aromatic nitrogens is 2. The summed E-state index contributed by atoms with van der Waals surface area (Å²) in [4.78, 5) is 4.46. The molecule has 4 nitrogen and oxygen atoms in total. The summed E-state index contributed by atoms with van der Waals surface area (Å²) in [7, 11) is -1.15. The van der Waals surface area contributed by atoms with Gasteiger partial charge >= 0.3 is 0 Å². The molecule has 8 heteroatoms. The third kappa shape index (κ3) is 5.49. The van der Waals surface area contributed by atoms with Crippen molar-refractivity contribution >= 4 is 42.3 Å². The van der Waals surface area contributed by atoms with Gasteiger partial charge < -0.3 is 14.4 Å². The van der Waals surface area contributed by atoms with E-state index < -0.39 is 20.0 Å². The molecule has 0 aliphatic rings. The van der Waals surface area contributed by atoms with Gasteiger partial charge in [0, 0.05) is 14.7 Å². The maximum absolute atomic E-state index is 13.4. The fraction of sp³-hybridized carbons (Fsp3) is 0.471. The Balaban J connectivity index is 2.20. The third-order valence-electron chi connectivity index (χ3n) is 3.91. The van der Waals surface area contributed by atoms with Gasteiger partial charge in [0.15, 0.2) is 0 Å². The molecule has 1 heterocycles. The monoisotopic (exact) mass is 496 g/mol. The van der Waals surface area contributed by atoms with E-state index >= 15 is 0 Å². The average Bonchev–Trinajstić information content (AvgIpc) is 2.80. The fourth-order valence-corrected chi connectivity index (χ4v) is 3.75. The number of benzene rings is 1. The van der Waals surface area contributed by atoms with E-state index in [2.05, 4.69) is 47.2 Å². The molecule has 0 amide bonds. The number of imidazole rings is 1. The first-order valence-corrected chi connectivity index (χ1v) is 13.2. The molecule has 1 aromatic heterocycles. The normalized spacial score (nSPS) is 13.3. The lowest BCUT2D eigenvalue weighted by molar-refractivity contribution is 0.0773. The number of aliphatic hydroxyl groups excluding tert-OH is 1. The third-order valence-corrected chi connectivity index (χ3v) is 6.93. The summed E-state index contributed by atoms with van der Waals surface area (Å²) in [6.07, 6.45) is -0.999. The molecule has 138 valence electrons. The molecule has 0 saturated heterocycles. The summed E-state index contributed by atoms with van der Waals surface area (Å²) in [5.74, 6) is -0.0426. The van der Waals surface area contributed by atoms with Crippen LogP contribution in [-0.2, 0) is 11.5 Å². The van der Waals surface area contributed by atoms with Gasteiger partial charge in [-0.25, -0.2) is 9.37 Å². The zero-order valence-corrected chi connectivity index (χ0v) is 18.7. The van der Waals surface area contributed by atoms with Crippen molar-refractivity contribution in [3.05, 3.63) is 49.8 Å². The van der Waals surface area contributed by atoms with E-state index in [4.69, 9.17) is 16.3 Å². The largest absolute Gasteiger partial charge is 0.380 e. The molecule has 25 heavy (non-hydrogen) atoms. The molecule has 0 fully saturated rings. The molecular weight excluding hydrogens is 474 g/mol. The van der Waals surface area contributed by atoms with Crippen LogP contribution in [0.4, 0.5) is 4.39 Å². The van der Waals surface area contributed by atoms with E-state index in [0.717, 1.165) is 15.4 Å². The molecule has 0 radical (unpaired) electrons. The zero-order chi connectivity index (χ0) is 18.8. The van der Waals surface area contributed by atoms with Gasteiger partial charge in [-0.1, -0.05) is 37.3 Å². The molecule has 2 aromatic rings. The van der Waals surface area contributed by atoms with Crippen LogP contribution in [-0.4, -0.2) is 29.3 Å². The lowest BCUT2D eigenvalue weighted by atomic mass is 10.1. The van der Waals surface area contributed by atoms with Crippen molar-refractivity contribution in [2.45, 2.75) is 45.4 Å². The molecule has 1 N–H and O–H groups in total. The van der Waals surface area contributed by atoms with Gasteiger partial charge in [-0.2, -0.15) is 0 Å². The molecule has 0 spiro atoms. The molecular formula is C17H23ClFIN2O2Si. The lowest BCUT2D eigenvalue weighted by Crippen LogP contribution is -2.22. The summed E-state index contributed by atoms with van der Waals surface area (Å²) in [5, 5.41) is 10.7. The highest BCUT2D eigenvalue weighted by Gasteiger charge is 2.22. The summed E-state index contributed by atoms with van der Waals surface area (Å²) in [6.45, 7) is 9.85. The molecule has 0 saturated carbocycles. The Hall–Kier alpha value is -0.483. The molecule has 0 aliphatic heterocycles. The second-order valence-electron chi connectivity index (χ2n) is 7.20. The van der Waals surface area contributed by atoms with Gasteiger partial charge in [0.1, 0.15) is 28.2 Å². The van der Waals surface area contributed by atoms with E-state index in [-0.39, 0.29) is 5.02 Å². The van der Waals surface area contributed by atoms with E-state index in [1.54, 1.807) is 0 Å². The van der Waals surface area contributed by atoms with Crippen LogP contribution in [0.2, 0.25) is 30.7 Å². The van der Waals surface area contributed by atoms with Gasteiger partial charge in [-0.05, 0) is 53.3 Å². The van der Waals surface area contributed by atoms with E-state index in [0.29, 0.717) is 24.7 Å². The molecule has 1 unspecified atom stereocenters. The van der Waals surface area contributed by atoms with Crippen molar-refractivity contribution in [1.29, 1.82) is 0 Å². The quantitative estimate of drug-likeness (QED) is 0.334. The first kappa shape index (κ1) is 20.8. The maximum atomic E-state index is 13.4. The lowest BCUT2D eigenvalue weighted by Gasteiger charge is -2.18. The van der Waals surface area contributed by atoms with E-state index in [1.165, 1.54) is 18.2 Å². The van der Waals surface area contributed by atoms with E-state index in [1.807, 2.05) is 11.5 Å². The van der Waals surface area contributed by atoms with Crippen LogP contribution in [0.3, 0.4) is 0 Å². The van der Waals surface area contributed by atoms with Crippen molar-refractivity contribution in [3.8, 4) is 0 Å². The summed E-state index contributed by atoms with van der Waals surface area (Å²) >= 11 is 7.96. The number of hydrogen-bond donors (Lipinski definition) is 1. The van der Waals surface area contributed by atoms with Crippen molar-refractivity contribution in [3.63, 3.8) is 0 Å². The van der Waals surface area contributed by atoms with Gasteiger partial charge in [-0.15, -0.1) is 0 Å². The van der Waals surface area contributed by atoms with Crippen LogP contribution in [0.15, 0.2) is 18.2 Å². The first-order chi connectivity index (χ1) is 11.6. The van der Waals surface area contributed by atoms with Crippen LogP contribution in [0.25, 0.3) is 0 Å². The van der Waals surface area contributed by atoms with Crippen molar-refractivity contribution < 1.29 is 14.2 Å². The molecule has 0 bridgehead atoms. The van der Waals surface area contributed by atoms with Crippen molar-refractivity contribution in [1.82, 2.24) is 9.55 Å². The average molecular weight is 497 g/mol. The van der Waals surface area contributed by atoms with Gasteiger partial charge in [0.05, 0.1) is 10.7 Å². The Kier molecular flexibility index (Phi) is 7.06. The number of halogens is 3. The Labute approximate surface area is 167 Å². The highest BCUT2D eigenvalue weighted by atomic mass is 127. The van der Waals surface area contributed by atoms with Crippen LogP contribution >= 0.6 is 34.2 Å². The number of aliphatic hydroxyl groups is 1. The van der Waals surface area contributed by atoms with Crippen LogP contribution in [0.5, 0.6) is 0 Å². The minimum absolute atomic E-state index is 0.0209. The van der Waals surface area contributed by atoms with Crippen LogP contribution in [0.1, 0.15) is 23.2 Å². The fourth-order valence-electron chi connectivity index (χ4n) is 2.26. The number of nitrogens with zero attached hydrogens (tertiary/aromatic N) is 2. The predicted octanol–water partition coefficient (Wildman–Crippen LogP) is 4.98. The number of ether oxygens (including phenoxy) is 1. The first-order valence-electron chi connectivity index (χ1n) is 8.03. The Morgan fingerprint density at radius 3 is 2.68 bits per heavy atom. The minimum Gasteiger partial charge on any atom is -0.380 e. The number of rotatable bonds is 7. The SMILES string of the molecule is Cc1c(I)nc(C(O)c2ccc(F)c(Cl)c2)n1COCC[Si](C)(C)C. The van der Waals surface area contributed by atoms with Crippen molar-refractivity contribution in [2.75, 3.05) is 6.61 Å². The Bertz CT molecular complexity index is 749. The van der Waals surface area contributed by atoms with Gasteiger partial charge in [-0.3, -0.25) is 0 Å². The molecule has 0 aliphatic carbocycles. The minimum atomic E-state index is -1.15. The molecule has 1 aromatic carbocycles. The molecule has 2 rings (SSSR count). The smallest absolute Gasteiger partial charge is 0.145 e. The van der Waals surface area contributed by atoms with Gasteiger partial charge in [0.2, 0.25) is 0 Å². The highest BCUT2D eigenvalue weighted by molar-refractivity contribution is 14.1. The van der Waals surface area contributed by atoms with Crippen molar-refractivity contribution in [2.24, 2.45) is 0 Å². The molecule has 1 atom stereocenters. The topological polar surface area (TPSA) is 47.3 Å². The maximum Gasteiger partial charge on any atom is 0.145 e. The van der Waals surface area contributed by atoms with Crippen LogP contribution < -0.4 is 0 Å². The predicted molar refractivity (Wildman–Crippen MR) is 109 cm³/mol. The zero-order valence-electron chi connectivity index (χ0n) is 14.8. The Morgan fingerprint density at radius 2 is 2.08 bits per heavy atom.